The number of anilines is 1. The molecule has 0 fully saturated rings. The molecule has 1 heterocycles. The normalized spacial score (nSPS) is 10.2. The number of unbranched alkanes of at least 4 members (excludes halogenated alkanes) is 1. The lowest BCUT2D eigenvalue weighted by Gasteiger charge is -2.09. The van der Waals surface area contributed by atoms with Crippen molar-refractivity contribution in [2.24, 2.45) is 0 Å². The highest BCUT2D eigenvalue weighted by molar-refractivity contribution is 6.34. The lowest BCUT2D eigenvalue weighted by molar-refractivity contribution is 0.0600. The molecule has 0 saturated heterocycles. The molecular weight excluding hydrogens is 370 g/mol. The lowest BCUT2D eigenvalue weighted by atomic mass is 10.2. The maximum absolute atomic E-state index is 12.5. The summed E-state index contributed by atoms with van der Waals surface area (Å²) in [5, 5.41) is 5.59. The van der Waals surface area contributed by atoms with E-state index in [-0.39, 0.29) is 33.6 Å². The zero-order chi connectivity index (χ0) is 19.8. The first-order valence-electron chi connectivity index (χ1n) is 8.40. The molecule has 2 N–H and O–H groups in total. The van der Waals surface area contributed by atoms with Gasteiger partial charge < -0.3 is 15.4 Å². The zero-order valence-electron chi connectivity index (χ0n) is 15.0. The van der Waals surface area contributed by atoms with E-state index in [0.29, 0.717) is 6.54 Å². The van der Waals surface area contributed by atoms with Crippen LogP contribution in [-0.4, -0.2) is 36.4 Å². The number of nitrogens with one attached hydrogen (secondary N) is 2. The van der Waals surface area contributed by atoms with E-state index in [1.165, 1.54) is 37.4 Å². The van der Waals surface area contributed by atoms with Crippen LogP contribution in [0.2, 0.25) is 5.02 Å². The summed E-state index contributed by atoms with van der Waals surface area (Å²) in [5.41, 5.74) is 0.684. The predicted molar refractivity (Wildman–Crippen MR) is 102 cm³/mol. The van der Waals surface area contributed by atoms with Crippen molar-refractivity contribution in [3.05, 3.63) is 58.4 Å². The number of amides is 2. The molecule has 0 aliphatic rings. The third-order valence-electron chi connectivity index (χ3n) is 3.67. The van der Waals surface area contributed by atoms with Crippen LogP contribution in [0.5, 0.6) is 0 Å². The number of nitrogens with zero attached hydrogens (tertiary/aromatic N) is 1. The Morgan fingerprint density at radius 3 is 2.48 bits per heavy atom. The van der Waals surface area contributed by atoms with Gasteiger partial charge in [0.2, 0.25) is 0 Å². The highest BCUT2D eigenvalue weighted by Crippen LogP contribution is 2.24. The van der Waals surface area contributed by atoms with Gasteiger partial charge in [0.05, 0.1) is 23.4 Å². The highest BCUT2D eigenvalue weighted by Gasteiger charge is 2.15. The van der Waals surface area contributed by atoms with E-state index >= 15 is 0 Å². The molecule has 7 nitrogen and oxygen atoms in total. The minimum absolute atomic E-state index is 0.0534. The molecule has 0 bridgehead atoms. The van der Waals surface area contributed by atoms with Crippen molar-refractivity contribution in [2.75, 3.05) is 19.0 Å². The highest BCUT2D eigenvalue weighted by atomic mass is 35.5. The number of halogens is 1. The fourth-order valence-corrected chi connectivity index (χ4v) is 2.37. The summed E-state index contributed by atoms with van der Waals surface area (Å²) in [7, 11) is 1.26. The molecule has 0 unspecified atom stereocenters. The Morgan fingerprint density at radius 2 is 1.81 bits per heavy atom. The van der Waals surface area contributed by atoms with Crippen molar-refractivity contribution in [3.8, 4) is 0 Å². The summed E-state index contributed by atoms with van der Waals surface area (Å²) in [6.45, 7) is 2.57. The maximum Gasteiger partial charge on any atom is 0.337 e. The fourth-order valence-electron chi connectivity index (χ4n) is 2.21. The predicted octanol–water partition coefficient (Wildman–Crippen LogP) is 3.30. The quantitative estimate of drug-likeness (QED) is 0.559. The van der Waals surface area contributed by atoms with Gasteiger partial charge in [0.25, 0.3) is 11.8 Å². The molecule has 0 aliphatic heterocycles. The van der Waals surface area contributed by atoms with Crippen LogP contribution < -0.4 is 10.6 Å². The lowest BCUT2D eigenvalue weighted by Crippen LogP contribution is -2.26. The Kier molecular flexibility index (Phi) is 7.31. The number of carbonyl (C=O) groups is 3. The number of carbonyl (C=O) groups excluding carboxylic acids is 3. The number of methoxy groups -OCH3 is 1. The summed E-state index contributed by atoms with van der Waals surface area (Å²) in [6, 6.07) is 8.97. The number of benzene rings is 1. The van der Waals surface area contributed by atoms with Gasteiger partial charge >= 0.3 is 5.97 Å². The molecule has 142 valence electrons. The van der Waals surface area contributed by atoms with Crippen molar-refractivity contribution in [2.45, 2.75) is 19.8 Å². The molecule has 2 aromatic rings. The van der Waals surface area contributed by atoms with Gasteiger partial charge in [0, 0.05) is 6.54 Å². The zero-order valence-corrected chi connectivity index (χ0v) is 15.8. The van der Waals surface area contributed by atoms with Crippen LogP contribution in [0.25, 0.3) is 0 Å². The third-order valence-corrected chi connectivity index (χ3v) is 4.00. The standard InChI is InChI=1S/C19H20ClN3O4/c1-3-4-10-21-17(24)14-6-5-7-15(22-14)18(25)23-16-11-12(19(26)27-2)8-9-13(16)20/h5-9,11H,3-4,10H2,1-2H3,(H,21,24)(H,23,25). The van der Waals surface area contributed by atoms with Gasteiger partial charge in [0.15, 0.2) is 0 Å². The van der Waals surface area contributed by atoms with E-state index < -0.39 is 11.9 Å². The molecule has 2 rings (SSSR count). The van der Waals surface area contributed by atoms with Crippen LogP contribution >= 0.6 is 11.6 Å². The smallest absolute Gasteiger partial charge is 0.337 e. The van der Waals surface area contributed by atoms with Crippen molar-refractivity contribution in [1.82, 2.24) is 10.3 Å². The molecule has 2 amide bonds. The van der Waals surface area contributed by atoms with E-state index in [2.05, 4.69) is 20.4 Å². The van der Waals surface area contributed by atoms with Gasteiger partial charge in [-0.2, -0.15) is 0 Å². The number of ether oxygens (including phenoxy) is 1. The van der Waals surface area contributed by atoms with Crippen LogP contribution in [-0.2, 0) is 4.74 Å². The van der Waals surface area contributed by atoms with Gasteiger partial charge in [-0.05, 0) is 36.8 Å². The minimum Gasteiger partial charge on any atom is -0.465 e. The van der Waals surface area contributed by atoms with Crippen LogP contribution in [0.4, 0.5) is 5.69 Å². The molecule has 0 saturated carbocycles. The van der Waals surface area contributed by atoms with Crippen molar-refractivity contribution >= 4 is 35.1 Å². The Bertz CT molecular complexity index is 855. The second-order valence-corrected chi connectivity index (χ2v) is 6.07. The van der Waals surface area contributed by atoms with Crippen molar-refractivity contribution in [3.63, 3.8) is 0 Å². The van der Waals surface area contributed by atoms with Gasteiger partial charge in [0.1, 0.15) is 11.4 Å². The summed E-state index contributed by atoms with van der Waals surface area (Å²) in [6.07, 6.45) is 1.82. The largest absolute Gasteiger partial charge is 0.465 e. The van der Waals surface area contributed by atoms with Crippen LogP contribution in [0, 0.1) is 0 Å². The Morgan fingerprint density at radius 1 is 1.11 bits per heavy atom. The summed E-state index contributed by atoms with van der Waals surface area (Å²) in [4.78, 5) is 40.3. The number of pyridine rings is 1. The van der Waals surface area contributed by atoms with Crippen LogP contribution in [0.1, 0.15) is 51.1 Å². The molecule has 27 heavy (non-hydrogen) atoms. The molecule has 0 atom stereocenters. The second-order valence-electron chi connectivity index (χ2n) is 5.66. The molecular formula is C19H20ClN3O4. The SMILES string of the molecule is CCCCNC(=O)c1cccc(C(=O)Nc2cc(C(=O)OC)ccc2Cl)n1. The first-order chi connectivity index (χ1) is 13.0. The number of esters is 1. The van der Waals surface area contributed by atoms with Crippen molar-refractivity contribution in [1.29, 1.82) is 0 Å². The molecule has 1 aromatic heterocycles. The van der Waals surface area contributed by atoms with Gasteiger partial charge in [-0.1, -0.05) is 31.0 Å². The third kappa shape index (κ3) is 5.52. The first kappa shape index (κ1) is 20.4. The molecule has 1 aromatic carbocycles. The van der Waals surface area contributed by atoms with E-state index in [0.717, 1.165) is 12.8 Å². The monoisotopic (exact) mass is 389 g/mol. The van der Waals surface area contributed by atoms with E-state index in [1.807, 2.05) is 6.92 Å². The number of hydrogen-bond donors (Lipinski definition) is 2. The fraction of sp³-hybridized carbons (Fsp3) is 0.263. The molecule has 8 heteroatoms. The number of hydrogen-bond acceptors (Lipinski definition) is 5. The van der Waals surface area contributed by atoms with Crippen LogP contribution in [0.15, 0.2) is 36.4 Å². The van der Waals surface area contributed by atoms with Crippen molar-refractivity contribution < 1.29 is 19.1 Å². The second kappa shape index (κ2) is 9.68. The average Bonchev–Trinajstić information content (AvgIpc) is 2.69. The van der Waals surface area contributed by atoms with Gasteiger partial charge in [-0.3, -0.25) is 9.59 Å². The Labute approximate surface area is 162 Å². The Hall–Kier alpha value is -2.93. The van der Waals surface area contributed by atoms with E-state index in [4.69, 9.17) is 11.6 Å². The van der Waals surface area contributed by atoms with Gasteiger partial charge in [-0.25, -0.2) is 9.78 Å². The minimum atomic E-state index is -0.554. The Balaban J connectivity index is 2.16. The molecule has 0 radical (unpaired) electrons. The average molecular weight is 390 g/mol. The summed E-state index contributed by atoms with van der Waals surface area (Å²) < 4.78 is 4.65. The maximum atomic E-state index is 12.5. The molecule has 0 aliphatic carbocycles. The topological polar surface area (TPSA) is 97.4 Å². The van der Waals surface area contributed by atoms with E-state index in [9.17, 15) is 14.4 Å². The summed E-state index contributed by atoms with van der Waals surface area (Å²) >= 11 is 6.08. The number of aromatic nitrogens is 1. The summed E-state index contributed by atoms with van der Waals surface area (Å²) in [5.74, 6) is -1.45. The van der Waals surface area contributed by atoms with E-state index in [1.54, 1.807) is 6.07 Å². The number of rotatable bonds is 7. The molecule has 0 spiro atoms. The van der Waals surface area contributed by atoms with Gasteiger partial charge in [-0.15, -0.1) is 0 Å². The van der Waals surface area contributed by atoms with Crippen LogP contribution in [0.3, 0.4) is 0 Å². The first-order valence-corrected chi connectivity index (χ1v) is 8.78.